The largest absolute Gasteiger partial charge is 0.479 e. The average molecular weight is 212 g/mol. The number of hydrogen-bond donors (Lipinski definition) is 1. The zero-order valence-electron chi connectivity index (χ0n) is 8.06. The van der Waals surface area contributed by atoms with Crippen molar-refractivity contribution in [2.24, 2.45) is 0 Å². The molecule has 1 aromatic rings. The van der Waals surface area contributed by atoms with Crippen molar-refractivity contribution in [3.63, 3.8) is 0 Å². The minimum atomic E-state index is -0.959. The zero-order chi connectivity index (χ0) is 10.6. The van der Waals surface area contributed by atoms with Gasteiger partial charge in [0.05, 0.1) is 0 Å². The molecule has 1 aromatic carbocycles. The molecule has 0 radical (unpaired) electrons. The summed E-state index contributed by atoms with van der Waals surface area (Å²) in [5.74, 6) is -0.378. The third kappa shape index (κ3) is 2.96. The number of carboxylic acid groups (broad SMARTS) is 1. The van der Waals surface area contributed by atoms with Crippen molar-refractivity contribution in [3.05, 3.63) is 24.3 Å². The van der Waals surface area contributed by atoms with Crippen molar-refractivity contribution in [2.45, 2.75) is 17.9 Å². The average Bonchev–Trinajstić information content (AvgIpc) is 2.19. The van der Waals surface area contributed by atoms with Crippen LogP contribution in [-0.4, -0.2) is 23.4 Å². The summed E-state index contributed by atoms with van der Waals surface area (Å²) in [6.45, 7) is 1.50. The van der Waals surface area contributed by atoms with E-state index in [0.29, 0.717) is 5.75 Å². The summed E-state index contributed by atoms with van der Waals surface area (Å²) in [4.78, 5) is 11.6. The zero-order valence-corrected chi connectivity index (χ0v) is 8.88. The summed E-state index contributed by atoms with van der Waals surface area (Å²) in [6.07, 6.45) is 1.17. The first-order chi connectivity index (χ1) is 6.63. The third-order valence-corrected chi connectivity index (χ3v) is 2.46. The molecule has 1 rings (SSSR count). The number of carboxylic acids is 1. The lowest BCUT2D eigenvalue weighted by atomic mass is 10.3. The molecule has 0 aliphatic heterocycles. The topological polar surface area (TPSA) is 46.5 Å². The molecular formula is C10H12O3S. The first-order valence-electron chi connectivity index (χ1n) is 4.17. The van der Waals surface area contributed by atoms with E-state index >= 15 is 0 Å². The van der Waals surface area contributed by atoms with Crippen molar-refractivity contribution < 1.29 is 14.6 Å². The second-order valence-corrected chi connectivity index (χ2v) is 3.65. The van der Waals surface area contributed by atoms with Gasteiger partial charge in [-0.3, -0.25) is 0 Å². The van der Waals surface area contributed by atoms with Crippen molar-refractivity contribution >= 4 is 17.7 Å². The maximum Gasteiger partial charge on any atom is 0.344 e. The first kappa shape index (κ1) is 10.9. The molecule has 3 nitrogen and oxygen atoms in total. The van der Waals surface area contributed by atoms with E-state index in [9.17, 15) is 4.79 Å². The summed E-state index contributed by atoms with van der Waals surface area (Å²) in [6, 6.07) is 7.33. The van der Waals surface area contributed by atoms with E-state index in [2.05, 4.69) is 0 Å². The summed E-state index contributed by atoms with van der Waals surface area (Å²) in [7, 11) is 0. The fraction of sp³-hybridized carbons (Fsp3) is 0.300. The number of thioether (sulfide) groups is 1. The molecule has 0 bridgehead atoms. The Kier molecular flexibility index (Phi) is 3.83. The monoisotopic (exact) mass is 212 g/mol. The molecule has 0 saturated carbocycles. The molecule has 1 atom stereocenters. The number of carbonyl (C=O) groups is 1. The van der Waals surface area contributed by atoms with Gasteiger partial charge in [0.25, 0.3) is 0 Å². The van der Waals surface area contributed by atoms with Gasteiger partial charge in [-0.15, -0.1) is 11.8 Å². The minimum absolute atomic E-state index is 0.581. The second-order valence-electron chi connectivity index (χ2n) is 2.77. The van der Waals surface area contributed by atoms with Crippen LogP contribution in [0.2, 0.25) is 0 Å². The van der Waals surface area contributed by atoms with E-state index < -0.39 is 12.1 Å². The summed E-state index contributed by atoms with van der Waals surface area (Å²) < 4.78 is 5.17. The van der Waals surface area contributed by atoms with Gasteiger partial charge in [0.15, 0.2) is 6.10 Å². The molecule has 0 aliphatic carbocycles. The number of rotatable bonds is 4. The Morgan fingerprint density at radius 1 is 1.43 bits per heavy atom. The Labute approximate surface area is 87.1 Å². The molecule has 0 spiro atoms. The predicted octanol–water partition coefficient (Wildman–Crippen LogP) is 2.26. The van der Waals surface area contributed by atoms with E-state index in [-0.39, 0.29) is 0 Å². The summed E-state index contributed by atoms with van der Waals surface area (Å²) >= 11 is 1.63. The van der Waals surface area contributed by atoms with E-state index in [1.165, 1.54) is 6.92 Å². The van der Waals surface area contributed by atoms with Crippen molar-refractivity contribution in [1.82, 2.24) is 0 Å². The lowest BCUT2D eigenvalue weighted by Crippen LogP contribution is -2.22. The summed E-state index contributed by atoms with van der Waals surface area (Å²) in [5.41, 5.74) is 0. The lowest BCUT2D eigenvalue weighted by molar-refractivity contribution is -0.144. The van der Waals surface area contributed by atoms with Crippen LogP contribution in [0, 0.1) is 0 Å². The highest BCUT2D eigenvalue weighted by molar-refractivity contribution is 7.98. The van der Waals surface area contributed by atoms with Crippen LogP contribution in [0.1, 0.15) is 6.92 Å². The maximum atomic E-state index is 10.5. The minimum Gasteiger partial charge on any atom is -0.479 e. The van der Waals surface area contributed by atoms with Gasteiger partial charge in [-0.1, -0.05) is 0 Å². The Hall–Kier alpha value is -1.16. The highest BCUT2D eigenvalue weighted by Crippen LogP contribution is 2.19. The molecule has 0 saturated heterocycles. The summed E-state index contributed by atoms with van der Waals surface area (Å²) in [5, 5.41) is 8.61. The highest BCUT2D eigenvalue weighted by Gasteiger charge is 2.11. The first-order valence-corrected chi connectivity index (χ1v) is 5.39. The van der Waals surface area contributed by atoms with Crippen molar-refractivity contribution in [2.75, 3.05) is 6.26 Å². The van der Waals surface area contributed by atoms with Crippen LogP contribution in [0.4, 0.5) is 0 Å². The second kappa shape index (κ2) is 4.91. The van der Waals surface area contributed by atoms with Gasteiger partial charge >= 0.3 is 5.97 Å². The van der Waals surface area contributed by atoms with E-state index in [1.807, 2.05) is 18.4 Å². The predicted molar refractivity (Wildman–Crippen MR) is 55.9 cm³/mol. The standard InChI is InChI=1S/C10H12O3S/c1-7(10(11)12)13-8-3-5-9(14-2)6-4-8/h3-7H,1-2H3,(H,11,12). The lowest BCUT2D eigenvalue weighted by Gasteiger charge is -2.10. The van der Waals surface area contributed by atoms with Gasteiger partial charge in [0.2, 0.25) is 0 Å². The van der Waals surface area contributed by atoms with Crippen molar-refractivity contribution in [3.8, 4) is 5.75 Å². The van der Waals surface area contributed by atoms with Gasteiger partial charge in [-0.2, -0.15) is 0 Å². The molecule has 0 aromatic heterocycles. The van der Waals surface area contributed by atoms with Gasteiger partial charge in [-0.05, 0) is 37.4 Å². The van der Waals surface area contributed by atoms with Crippen molar-refractivity contribution in [1.29, 1.82) is 0 Å². The fourth-order valence-electron chi connectivity index (χ4n) is 0.909. The Bertz CT molecular complexity index is 308. The fourth-order valence-corrected chi connectivity index (χ4v) is 1.32. The van der Waals surface area contributed by atoms with E-state index in [0.717, 1.165) is 4.90 Å². The number of ether oxygens (including phenoxy) is 1. The molecule has 0 aliphatic rings. The molecule has 0 amide bonds. The molecule has 0 fully saturated rings. The smallest absolute Gasteiger partial charge is 0.344 e. The van der Waals surface area contributed by atoms with Gasteiger partial charge in [0.1, 0.15) is 5.75 Å². The Balaban J connectivity index is 2.64. The highest BCUT2D eigenvalue weighted by atomic mass is 32.2. The molecule has 1 unspecified atom stereocenters. The Morgan fingerprint density at radius 3 is 2.43 bits per heavy atom. The third-order valence-electron chi connectivity index (χ3n) is 1.72. The number of aliphatic carboxylic acids is 1. The van der Waals surface area contributed by atoms with Crippen LogP contribution in [-0.2, 0) is 4.79 Å². The van der Waals surface area contributed by atoms with E-state index in [1.54, 1.807) is 23.9 Å². The van der Waals surface area contributed by atoms with Crippen LogP contribution in [0.3, 0.4) is 0 Å². The van der Waals surface area contributed by atoms with Crippen LogP contribution in [0.25, 0.3) is 0 Å². The number of hydrogen-bond acceptors (Lipinski definition) is 3. The van der Waals surface area contributed by atoms with Gasteiger partial charge < -0.3 is 9.84 Å². The molecule has 0 heterocycles. The van der Waals surface area contributed by atoms with Crippen LogP contribution < -0.4 is 4.74 Å². The van der Waals surface area contributed by atoms with Gasteiger partial charge in [-0.25, -0.2) is 4.79 Å². The maximum absolute atomic E-state index is 10.5. The molecular weight excluding hydrogens is 200 g/mol. The van der Waals surface area contributed by atoms with Crippen LogP contribution in [0.5, 0.6) is 5.75 Å². The molecule has 4 heteroatoms. The molecule has 76 valence electrons. The molecule has 14 heavy (non-hydrogen) atoms. The Morgan fingerprint density at radius 2 is 2.00 bits per heavy atom. The number of benzene rings is 1. The van der Waals surface area contributed by atoms with Crippen LogP contribution in [0.15, 0.2) is 29.2 Å². The quantitative estimate of drug-likeness (QED) is 0.778. The molecule has 1 N–H and O–H groups in total. The van der Waals surface area contributed by atoms with Gasteiger partial charge in [0, 0.05) is 4.90 Å². The van der Waals surface area contributed by atoms with E-state index in [4.69, 9.17) is 9.84 Å². The SMILES string of the molecule is CSc1ccc(OC(C)C(=O)O)cc1. The normalized spacial score (nSPS) is 12.1. The van der Waals surface area contributed by atoms with Crippen LogP contribution >= 0.6 is 11.8 Å².